The van der Waals surface area contributed by atoms with E-state index in [0.29, 0.717) is 38.0 Å². The van der Waals surface area contributed by atoms with Crippen molar-refractivity contribution in [1.82, 2.24) is 9.21 Å². The molecule has 1 heterocycles. The molecule has 0 amide bonds. The highest BCUT2D eigenvalue weighted by atomic mass is 32.2. The molecule has 1 aliphatic heterocycles. The summed E-state index contributed by atoms with van der Waals surface area (Å²) in [6.07, 6.45) is -3.96. The van der Waals surface area contributed by atoms with E-state index in [1.165, 1.54) is 23.5 Å². The number of hydrogen-bond donors (Lipinski definition) is 0. The maximum Gasteiger partial charge on any atom is 0.573 e. The number of halogens is 3. The summed E-state index contributed by atoms with van der Waals surface area (Å²) in [6, 6.07) is 10.2. The van der Waals surface area contributed by atoms with E-state index in [2.05, 4.69) is 9.64 Å². The number of ether oxygens (including phenoxy) is 2. The van der Waals surface area contributed by atoms with Gasteiger partial charge in [-0.05, 0) is 61.6 Å². The molecule has 1 saturated heterocycles. The van der Waals surface area contributed by atoms with Gasteiger partial charge in [-0.3, -0.25) is 9.69 Å². The van der Waals surface area contributed by atoms with Crippen LogP contribution in [0, 0.1) is 5.92 Å². The summed E-state index contributed by atoms with van der Waals surface area (Å²) in [4.78, 5) is 14.4. The number of carbonyl (C=O) groups excluding carboxylic acids is 1. The van der Waals surface area contributed by atoms with Gasteiger partial charge >= 0.3 is 12.3 Å². The lowest BCUT2D eigenvalue weighted by Crippen LogP contribution is -2.58. The SMILES string of the molecule is COC(=O)[C@@H]1Cc2cccc(S(=O)(=O)N3[C@H](C)CN(Cc4ccc(OC(F)(F)F)cc4)C[C@@H]3C)c2C1. The van der Waals surface area contributed by atoms with Crippen molar-refractivity contribution in [3.63, 3.8) is 0 Å². The third-order valence-corrected chi connectivity index (χ3v) is 8.93. The molecule has 0 spiro atoms. The number of fused-ring (bicyclic) bond motifs is 1. The molecule has 1 aliphatic carbocycles. The number of benzene rings is 2. The van der Waals surface area contributed by atoms with Gasteiger partial charge in [0.1, 0.15) is 5.75 Å². The maximum absolute atomic E-state index is 13.8. The average Bonchev–Trinajstić information content (AvgIpc) is 3.22. The second-order valence-electron chi connectivity index (χ2n) is 9.44. The van der Waals surface area contributed by atoms with Crippen molar-refractivity contribution >= 4 is 16.0 Å². The minimum Gasteiger partial charge on any atom is -0.469 e. The van der Waals surface area contributed by atoms with Crippen LogP contribution in [0.4, 0.5) is 13.2 Å². The molecule has 0 radical (unpaired) electrons. The van der Waals surface area contributed by atoms with Gasteiger partial charge in [0, 0.05) is 31.7 Å². The Labute approximate surface area is 208 Å². The molecule has 3 atom stereocenters. The van der Waals surface area contributed by atoms with Crippen LogP contribution in [-0.2, 0) is 38.9 Å². The number of sulfonamides is 1. The zero-order valence-electron chi connectivity index (χ0n) is 20.3. The number of piperazine rings is 1. The van der Waals surface area contributed by atoms with Crippen molar-refractivity contribution in [2.45, 2.75) is 56.6 Å². The van der Waals surface area contributed by atoms with Gasteiger partial charge in [0.2, 0.25) is 10.0 Å². The van der Waals surface area contributed by atoms with Crippen LogP contribution in [0.3, 0.4) is 0 Å². The second-order valence-corrected chi connectivity index (χ2v) is 11.3. The van der Waals surface area contributed by atoms with E-state index in [4.69, 9.17) is 4.74 Å². The van der Waals surface area contributed by atoms with Crippen molar-refractivity contribution < 1.29 is 35.9 Å². The zero-order chi connectivity index (χ0) is 26.3. The topological polar surface area (TPSA) is 76.2 Å². The molecule has 2 aromatic carbocycles. The molecule has 0 aromatic heterocycles. The van der Waals surface area contributed by atoms with E-state index in [-0.39, 0.29) is 34.6 Å². The van der Waals surface area contributed by atoms with E-state index in [0.717, 1.165) is 11.1 Å². The summed E-state index contributed by atoms with van der Waals surface area (Å²) < 4.78 is 75.1. The van der Waals surface area contributed by atoms with Gasteiger partial charge < -0.3 is 9.47 Å². The predicted molar refractivity (Wildman–Crippen MR) is 126 cm³/mol. The molecule has 0 saturated carbocycles. The molecule has 2 aliphatic rings. The van der Waals surface area contributed by atoms with Gasteiger partial charge in [-0.2, -0.15) is 4.31 Å². The summed E-state index contributed by atoms with van der Waals surface area (Å²) in [5, 5.41) is 0. The highest BCUT2D eigenvalue weighted by Gasteiger charge is 2.41. The quantitative estimate of drug-likeness (QED) is 0.534. The first-order valence-electron chi connectivity index (χ1n) is 11.7. The Balaban J connectivity index is 1.48. The smallest absolute Gasteiger partial charge is 0.469 e. The average molecular weight is 527 g/mol. The minimum atomic E-state index is -4.74. The Morgan fingerprint density at radius 1 is 1.03 bits per heavy atom. The summed E-state index contributed by atoms with van der Waals surface area (Å²) in [5.41, 5.74) is 2.33. The van der Waals surface area contributed by atoms with Crippen LogP contribution in [0.25, 0.3) is 0 Å². The van der Waals surface area contributed by atoms with E-state index in [9.17, 15) is 26.4 Å². The number of carbonyl (C=O) groups is 1. The number of alkyl halides is 3. The van der Waals surface area contributed by atoms with Gasteiger partial charge in [-0.25, -0.2) is 8.42 Å². The fourth-order valence-electron chi connectivity index (χ4n) is 5.38. The molecule has 1 fully saturated rings. The molecule has 0 unspecified atom stereocenters. The monoisotopic (exact) mass is 526 g/mol. The van der Waals surface area contributed by atoms with E-state index in [1.54, 1.807) is 24.3 Å². The molecule has 4 rings (SSSR count). The normalized spacial score (nSPS) is 23.3. The fourth-order valence-corrected chi connectivity index (χ4v) is 7.47. The van der Waals surface area contributed by atoms with E-state index >= 15 is 0 Å². The second kappa shape index (κ2) is 10.0. The van der Waals surface area contributed by atoms with Gasteiger partial charge in [0.05, 0.1) is 17.9 Å². The molecule has 11 heteroatoms. The number of hydrogen-bond acceptors (Lipinski definition) is 6. The third kappa shape index (κ3) is 5.52. The first kappa shape index (κ1) is 26.4. The minimum absolute atomic E-state index is 0.235. The van der Waals surface area contributed by atoms with Gasteiger partial charge in [0.15, 0.2) is 0 Å². The number of esters is 1. The van der Waals surface area contributed by atoms with Crippen molar-refractivity contribution in [3.05, 3.63) is 59.2 Å². The lowest BCUT2D eigenvalue weighted by molar-refractivity contribution is -0.274. The predicted octanol–water partition coefficient (Wildman–Crippen LogP) is 3.76. The molecule has 2 aromatic rings. The van der Waals surface area contributed by atoms with Crippen molar-refractivity contribution in [3.8, 4) is 5.75 Å². The first-order valence-corrected chi connectivity index (χ1v) is 13.1. The lowest BCUT2D eigenvalue weighted by atomic mass is 10.1. The largest absolute Gasteiger partial charge is 0.573 e. The number of rotatable bonds is 6. The summed E-state index contributed by atoms with van der Waals surface area (Å²) >= 11 is 0. The molecular weight excluding hydrogens is 497 g/mol. The Bertz CT molecular complexity index is 1210. The van der Waals surface area contributed by atoms with Gasteiger partial charge in [-0.1, -0.05) is 24.3 Å². The highest BCUT2D eigenvalue weighted by molar-refractivity contribution is 7.89. The van der Waals surface area contributed by atoms with Crippen LogP contribution in [-0.4, -0.2) is 62.2 Å². The number of methoxy groups -OCH3 is 1. The highest BCUT2D eigenvalue weighted by Crippen LogP contribution is 2.36. The Morgan fingerprint density at radius 2 is 1.67 bits per heavy atom. The standard InChI is InChI=1S/C25H29F3N2O5S/c1-16-13-29(15-18-7-9-21(10-8-18)35-25(26,27)28)14-17(2)30(16)36(32,33)23-6-4-5-19-11-20(12-22(19)23)24(31)34-3/h4-10,16-17,20H,11-15H2,1-3H3/t16-,17+,20-/m1/s1. The van der Waals surface area contributed by atoms with Crippen LogP contribution in [0.5, 0.6) is 5.75 Å². The van der Waals surface area contributed by atoms with Gasteiger partial charge in [0.25, 0.3) is 0 Å². The van der Waals surface area contributed by atoms with Crippen LogP contribution >= 0.6 is 0 Å². The van der Waals surface area contributed by atoms with Crippen LogP contribution in [0.15, 0.2) is 47.4 Å². The van der Waals surface area contributed by atoms with Gasteiger partial charge in [-0.15, -0.1) is 13.2 Å². The van der Waals surface area contributed by atoms with E-state index in [1.807, 2.05) is 19.9 Å². The van der Waals surface area contributed by atoms with E-state index < -0.39 is 16.4 Å². The zero-order valence-corrected chi connectivity index (χ0v) is 21.1. The molecule has 0 bridgehead atoms. The first-order chi connectivity index (χ1) is 16.9. The Morgan fingerprint density at radius 3 is 2.25 bits per heavy atom. The molecule has 196 valence electrons. The lowest BCUT2D eigenvalue weighted by Gasteiger charge is -2.43. The van der Waals surface area contributed by atoms with Crippen molar-refractivity contribution in [2.75, 3.05) is 20.2 Å². The van der Waals surface area contributed by atoms with Crippen molar-refractivity contribution in [2.24, 2.45) is 5.92 Å². The van der Waals surface area contributed by atoms with Crippen LogP contribution in [0.1, 0.15) is 30.5 Å². The van der Waals surface area contributed by atoms with Crippen molar-refractivity contribution in [1.29, 1.82) is 0 Å². The molecule has 36 heavy (non-hydrogen) atoms. The van der Waals surface area contributed by atoms with Crippen LogP contribution in [0.2, 0.25) is 0 Å². The molecule has 7 nitrogen and oxygen atoms in total. The third-order valence-electron chi connectivity index (χ3n) is 6.71. The summed E-state index contributed by atoms with van der Waals surface area (Å²) in [5.74, 6) is -1.02. The summed E-state index contributed by atoms with van der Waals surface area (Å²) in [6.45, 7) is 5.09. The number of nitrogens with zero attached hydrogens (tertiary/aromatic N) is 2. The molecule has 0 N–H and O–H groups in total. The maximum atomic E-state index is 13.8. The van der Waals surface area contributed by atoms with Crippen LogP contribution < -0.4 is 4.74 Å². The Hall–Kier alpha value is -2.63. The Kier molecular flexibility index (Phi) is 7.36. The fraction of sp³-hybridized carbons (Fsp3) is 0.480. The molecular formula is C25H29F3N2O5S. The summed E-state index contributed by atoms with van der Waals surface area (Å²) in [7, 11) is -2.50.